The second kappa shape index (κ2) is 8.14. The van der Waals surface area contributed by atoms with Crippen molar-refractivity contribution in [2.45, 2.75) is 11.8 Å². The average molecular weight is 396 g/mol. The number of hydrogen-bond acceptors (Lipinski definition) is 4. The smallest absolute Gasteiger partial charge is 0.323 e. The third kappa shape index (κ3) is 4.32. The van der Waals surface area contributed by atoms with E-state index < -0.39 is 15.9 Å². The van der Waals surface area contributed by atoms with Gasteiger partial charge in [0, 0.05) is 5.56 Å². The van der Waals surface area contributed by atoms with Crippen molar-refractivity contribution in [3.05, 3.63) is 72.8 Å². The standard InChI is InChI=1S/C21H20N2O4S/c1-2-28(26,27)16-12-13-20(24)19(14-16)23-21(25)22-18-11-7-6-10-17(18)15-8-4-3-5-9-15/h3-14,24H,2H2,1H3,(H2,22,23,25). The molecule has 0 fully saturated rings. The monoisotopic (exact) mass is 396 g/mol. The highest BCUT2D eigenvalue weighted by atomic mass is 32.2. The van der Waals surface area contributed by atoms with Gasteiger partial charge in [-0.1, -0.05) is 55.5 Å². The van der Waals surface area contributed by atoms with Crippen LogP contribution >= 0.6 is 0 Å². The van der Waals surface area contributed by atoms with Crippen LogP contribution in [0.4, 0.5) is 16.2 Å². The van der Waals surface area contributed by atoms with Crippen molar-refractivity contribution < 1.29 is 18.3 Å². The molecule has 0 heterocycles. The Labute approximate surface area is 163 Å². The minimum Gasteiger partial charge on any atom is -0.506 e. The molecule has 144 valence electrons. The summed E-state index contributed by atoms with van der Waals surface area (Å²) >= 11 is 0. The van der Waals surface area contributed by atoms with Crippen LogP contribution in [0, 0.1) is 0 Å². The molecule has 0 unspecified atom stereocenters. The van der Waals surface area contributed by atoms with Crippen molar-refractivity contribution in [1.29, 1.82) is 0 Å². The van der Waals surface area contributed by atoms with E-state index in [1.807, 2.05) is 42.5 Å². The molecule has 0 bridgehead atoms. The first-order valence-electron chi connectivity index (χ1n) is 8.69. The van der Waals surface area contributed by atoms with Crippen molar-refractivity contribution in [3.63, 3.8) is 0 Å². The summed E-state index contributed by atoms with van der Waals surface area (Å²) in [5.41, 5.74) is 2.38. The summed E-state index contributed by atoms with van der Waals surface area (Å²) in [6.07, 6.45) is 0. The molecule has 0 saturated carbocycles. The number of phenols is 1. The molecule has 0 aliphatic heterocycles. The zero-order valence-electron chi connectivity index (χ0n) is 15.2. The SMILES string of the molecule is CCS(=O)(=O)c1ccc(O)c(NC(=O)Nc2ccccc2-c2ccccc2)c1. The van der Waals surface area contributed by atoms with Crippen LogP contribution in [-0.4, -0.2) is 25.3 Å². The number of anilines is 2. The zero-order valence-corrected chi connectivity index (χ0v) is 16.0. The second-order valence-electron chi connectivity index (χ2n) is 6.07. The quantitative estimate of drug-likeness (QED) is 0.554. The normalized spacial score (nSPS) is 11.0. The van der Waals surface area contributed by atoms with E-state index in [4.69, 9.17) is 0 Å². The fourth-order valence-electron chi connectivity index (χ4n) is 2.71. The molecule has 6 nitrogen and oxygen atoms in total. The van der Waals surface area contributed by atoms with E-state index in [9.17, 15) is 18.3 Å². The molecule has 0 saturated heterocycles. The van der Waals surface area contributed by atoms with Gasteiger partial charge in [0.05, 0.1) is 22.0 Å². The van der Waals surface area contributed by atoms with Crippen LogP contribution in [0.25, 0.3) is 11.1 Å². The fraction of sp³-hybridized carbons (Fsp3) is 0.0952. The molecule has 3 aromatic carbocycles. The summed E-state index contributed by atoms with van der Waals surface area (Å²) in [6, 6.07) is 20.1. The topological polar surface area (TPSA) is 95.5 Å². The highest BCUT2D eigenvalue weighted by molar-refractivity contribution is 7.91. The van der Waals surface area contributed by atoms with E-state index in [1.54, 1.807) is 12.1 Å². The molecule has 3 aromatic rings. The first kappa shape index (κ1) is 19.4. The molecular formula is C21H20N2O4S. The molecule has 0 aliphatic carbocycles. The van der Waals surface area contributed by atoms with Crippen LogP contribution in [0.1, 0.15) is 6.92 Å². The number of para-hydroxylation sites is 1. The van der Waals surface area contributed by atoms with E-state index in [0.29, 0.717) is 5.69 Å². The summed E-state index contributed by atoms with van der Waals surface area (Å²) in [7, 11) is -3.46. The van der Waals surface area contributed by atoms with Crippen molar-refractivity contribution in [2.75, 3.05) is 16.4 Å². The van der Waals surface area contributed by atoms with Gasteiger partial charge in [-0.25, -0.2) is 13.2 Å². The zero-order chi connectivity index (χ0) is 20.1. The Kier molecular flexibility index (Phi) is 5.65. The van der Waals surface area contributed by atoms with Gasteiger partial charge in [-0.2, -0.15) is 0 Å². The number of nitrogens with one attached hydrogen (secondary N) is 2. The van der Waals surface area contributed by atoms with Crippen LogP contribution in [0.15, 0.2) is 77.7 Å². The summed E-state index contributed by atoms with van der Waals surface area (Å²) in [4.78, 5) is 12.5. The number of carbonyl (C=O) groups excluding carboxylic acids is 1. The number of carbonyl (C=O) groups is 1. The number of amides is 2. The van der Waals surface area contributed by atoms with Gasteiger partial charge < -0.3 is 15.7 Å². The molecule has 2 amide bonds. The number of phenolic OH excluding ortho intramolecular Hbond substituents is 1. The lowest BCUT2D eigenvalue weighted by Crippen LogP contribution is -2.20. The predicted molar refractivity (Wildman–Crippen MR) is 110 cm³/mol. The van der Waals surface area contributed by atoms with Crippen LogP contribution < -0.4 is 10.6 Å². The van der Waals surface area contributed by atoms with Crippen LogP contribution in [-0.2, 0) is 9.84 Å². The van der Waals surface area contributed by atoms with Crippen molar-refractivity contribution in [1.82, 2.24) is 0 Å². The van der Waals surface area contributed by atoms with E-state index in [0.717, 1.165) is 11.1 Å². The predicted octanol–water partition coefficient (Wildman–Crippen LogP) is 4.50. The van der Waals surface area contributed by atoms with E-state index in [2.05, 4.69) is 10.6 Å². The third-order valence-electron chi connectivity index (χ3n) is 4.22. The maximum atomic E-state index is 12.5. The van der Waals surface area contributed by atoms with Crippen molar-refractivity contribution in [2.24, 2.45) is 0 Å². The number of aromatic hydroxyl groups is 1. The summed E-state index contributed by atoms with van der Waals surface area (Å²) in [5.74, 6) is -0.296. The second-order valence-corrected chi connectivity index (χ2v) is 8.35. The fourth-order valence-corrected chi connectivity index (χ4v) is 3.62. The largest absolute Gasteiger partial charge is 0.506 e. The van der Waals surface area contributed by atoms with E-state index in [1.165, 1.54) is 25.1 Å². The summed E-state index contributed by atoms with van der Waals surface area (Å²) < 4.78 is 24.1. The van der Waals surface area contributed by atoms with E-state index >= 15 is 0 Å². The van der Waals surface area contributed by atoms with Gasteiger partial charge in [0.2, 0.25) is 0 Å². The number of hydrogen-bond donors (Lipinski definition) is 3. The Hall–Kier alpha value is -3.32. The van der Waals surface area contributed by atoms with Gasteiger partial charge in [0.1, 0.15) is 5.75 Å². The maximum Gasteiger partial charge on any atom is 0.323 e. The average Bonchev–Trinajstić information content (AvgIpc) is 2.70. The highest BCUT2D eigenvalue weighted by Gasteiger charge is 2.16. The first-order valence-corrected chi connectivity index (χ1v) is 10.3. The number of urea groups is 1. The number of sulfone groups is 1. The van der Waals surface area contributed by atoms with Gasteiger partial charge in [0.15, 0.2) is 9.84 Å². The van der Waals surface area contributed by atoms with Gasteiger partial charge in [-0.15, -0.1) is 0 Å². The number of rotatable bonds is 5. The van der Waals surface area contributed by atoms with Gasteiger partial charge in [-0.05, 0) is 29.8 Å². The minimum atomic E-state index is -3.46. The van der Waals surface area contributed by atoms with Crippen molar-refractivity contribution in [3.8, 4) is 16.9 Å². The van der Waals surface area contributed by atoms with E-state index in [-0.39, 0.29) is 22.1 Å². The van der Waals surface area contributed by atoms with Crippen molar-refractivity contribution >= 4 is 27.2 Å². The molecule has 28 heavy (non-hydrogen) atoms. The van der Waals surface area contributed by atoms with Gasteiger partial charge in [-0.3, -0.25) is 0 Å². The lowest BCUT2D eigenvalue weighted by molar-refractivity contribution is 0.262. The minimum absolute atomic E-state index is 0.0178. The third-order valence-corrected chi connectivity index (χ3v) is 5.95. The Morgan fingerprint density at radius 1 is 0.893 bits per heavy atom. The van der Waals surface area contributed by atoms with Gasteiger partial charge >= 0.3 is 6.03 Å². The molecule has 0 aliphatic rings. The summed E-state index contributed by atoms with van der Waals surface area (Å²) in [5, 5.41) is 15.2. The Balaban J connectivity index is 1.84. The molecule has 0 radical (unpaired) electrons. The molecule has 0 aromatic heterocycles. The highest BCUT2D eigenvalue weighted by Crippen LogP contribution is 2.29. The van der Waals surface area contributed by atoms with Crippen LogP contribution in [0.2, 0.25) is 0 Å². The van der Waals surface area contributed by atoms with Crippen LogP contribution in [0.5, 0.6) is 5.75 Å². The first-order chi connectivity index (χ1) is 13.4. The number of benzene rings is 3. The molecule has 0 spiro atoms. The Morgan fingerprint density at radius 2 is 1.54 bits per heavy atom. The molecule has 0 atom stereocenters. The van der Waals surface area contributed by atoms with Gasteiger partial charge in [0.25, 0.3) is 0 Å². The molecular weight excluding hydrogens is 376 g/mol. The molecule has 3 N–H and O–H groups in total. The molecule has 3 rings (SSSR count). The Morgan fingerprint density at radius 3 is 2.25 bits per heavy atom. The maximum absolute atomic E-state index is 12.5. The lowest BCUT2D eigenvalue weighted by atomic mass is 10.0. The Bertz CT molecular complexity index is 1100. The van der Waals surface area contributed by atoms with Crippen LogP contribution in [0.3, 0.4) is 0 Å². The summed E-state index contributed by atoms with van der Waals surface area (Å²) in [6.45, 7) is 1.53. The molecule has 7 heteroatoms. The lowest BCUT2D eigenvalue weighted by Gasteiger charge is -2.13.